The maximum Gasteiger partial charge on any atom is 0.149 e. The van der Waals surface area contributed by atoms with Crippen molar-refractivity contribution in [3.8, 4) is 10.6 Å². The molecule has 0 atom stereocenters. The Kier molecular flexibility index (Phi) is 4.95. The number of rotatable bonds is 5. The molecule has 1 aromatic carbocycles. The van der Waals surface area contributed by atoms with E-state index in [0.29, 0.717) is 10.0 Å². The largest absolute Gasteiger partial charge is 0.317 e. The maximum absolute atomic E-state index is 6.16. The van der Waals surface area contributed by atoms with E-state index in [2.05, 4.69) is 22.4 Å². The van der Waals surface area contributed by atoms with E-state index in [9.17, 15) is 0 Å². The molecule has 0 aliphatic rings. The van der Waals surface area contributed by atoms with Crippen molar-refractivity contribution >= 4 is 34.5 Å². The summed E-state index contributed by atoms with van der Waals surface area (Å²) in [6.45, 7) is 3.96. The molecule has 0 saturated carbocycles. The molecule has 1 N–H and O–H groups in total. The molecule has 1 aromatic heterocycles. The number of hydrogen-bond acceptors (Lipinski definition) is 4. The molecule has 0 fully saturated rings. The third-order valence-electron chi connectivity index (χ3n) is 2.41. The molecule has 96 valence electrons. The Hall–Kier alpha value is -0.680. The first kappa shape index (κ1) is 13.7. The van der Waals surface area contributed by atoms with Crippen LogP contribution in [-0.4, -0.2) is 23.3 Å². The van der Waals surface area contributed by atoms with E-state index in [1.807, 2.05) is 12.1 Å². The lowest BCUT2D eigenvalue weighted by Crippen LogP contribution is -2.15. The number of aromatic nitrogens is 2. The summed E-state index contributed by atoms with van der Waals surface area (Å²) in [5, 5.41) is 14.5. The van der Waals surface area contributed by atoms with Gasteiger partial charge in [0.25, 0.3) is 0 Å². The van der Waals surface area contributed by atoms with Gasteiger partial charge in [0, 0.05) is 18.5 Å². The van der Waals surface area contributed by atoms with Crippen molar-refractivity contribution in [2.75, 3.05) is 13.1 Å². The number of hydrogen-bond donors (Lipinski definition) is 1. The van der Waals surface area contributed by atoms with E-state index < -0.39 is 0 Å². The molecule has 0 bridgehead atoms. The van der Waals surface area contributed by atoms with Crippen molar-refractivity contribution in [1.82, 2.24) is 15.5 Å². The highest BCUT2D eigenvalue weighted by Crippen LogP contribution is 2.34. The van der Waals surface area contributed by atoms with E-state index in [1.54, 1.807) is 17.4 Å². The molecule has 0 radical (unpaired) electrons. The quantitative estimate of drug-likeness (QED) is 0.856. The zero-order valence-electron chi connectivity index (χ0n) is 9.91. The highest BCUT2D eigenvalue weighted by molar-refractivity contribution is 7.14. The van der Waals surface area contributed by atoms with Gasteiger partial charge in [-0.05, 0) is 12.6 Å². The van der Waals surface area contributed by atoms with Gasteiger partial charge in [-0.1, -0.05) is 53.6 Å². The van der Waals surface area contributed by atoms with Crippen LogP contribution < -0.4 is 5.32 Å². The third kappa shape index (κ3) is 3.20. The van der Waals surface area contributed by atoms with Gasteiger partial charge in [-0.25, -0.2) is 0 Å². The molecular formula is C12H13Cl2N3S. The Bertz CT molecular complexity index is 528. The third-order valence-corrected chi connectivity index (χ3v) is 4.25. The fraction of sp³-hybridized carbons (Fsp3) is 0.333. The normalized spacial score (nSPS) is 10.8. The number of halogens is 2. The second-order valence-corrected chi connectivity index (χ2v) is 5.55. The average Bonchev–Trinajstić information content (AvgIpc) is 2.82. The van der Waals surface area contributed by atoms with Crippen LogP contribution in [0.2, 0.25) is 10.0 Å². The molecule has 1 heterocycles. The standard InChI is InChI=1S/C12H13Cl2N3S/c1-2-15-7-6-10-16-17-12(18-10)8-4-3-5-9(13)11(8)14/h3-5,15H,2,6-7H2,1H3. The summed E-state index contributed by atoms with van der Waals surface area (Å²) in [5.74, 6) is 0. The smallest absolute Gasteiger partial charge is 0.149 e. The van der Waals surface area contributed by atoms with Crippen LogP contribution in [0.4, 0.5) is 0 Å². The summed E-state index contributed by atoms with van der Waals surface area (Å²) in [6, 6.07) is 5.53. The molecule has 0 saturated heterocycles. The van der Waals surface area contributed by atoms with Crippen molar-refractivity contribution < 1.29 is 0 Å². The highest BCUT2D eigenvalue weighted by Gasteiger charge is 2.11. The van der Waals surface area contributed by atoms with Gasteiger partial charge >= 0.3 is 0 Å². The molecule has 0 amide bonds. The molecule has 2 aromatic rings. The van der Waals surface area contributed by atoms with Gasteiger partial charge in [0.2, 0.25) is 0 Å². The molecular weight excluding hydrogens is 289 g/mol. The topological polar surface area (TPSA) is 37.8 Å². The van der Waals surface area contributed by atoms with Gasteiger partial charge in [0.15, 0.2) is 0 Å². The summed E-state index contributed by atoms with van der Waals surface area (Å²) < 4.78 is 0. The number of nitrogens with one attached hydrogen (secondary N) is 1. The first-order valence-electron chi connectivity index (χ1n) is 5.70. The monoisotopic (exact) mass is 301 g/mol. The lowest BCUT2D eigenvalue weighted by atomic mass is 10.2. The van der Waals surface area contributed by atoms with Gasteiger partial charge in [-0.3, -0.25) is 0 Å². The van der Waals surface area contributed by atoms with E-state index in [1.165, 1.54) is 0 Å². The summed E-state index contributed by atoms with van der Waals surface area (Å²) in [4.78, 5) is 0. The van der Waals surface area contributed by atoms with Crippen molar-refractivity contribution in [3.05, 3.63) is 33.3 Å². The number of benzene rings is 1. The Morgan fingerprint density at radius 2 is 2.11 bits per heavy atom. The summed E-state index contributed by atoms with van der Waals surface area (Å²) in [7, 11) is 0. The van der Waals surface area contributed by atoms with Crippen LogP contribution in [0.15, 0.2) is 18.2 Å². The molecule has 2 rings (SSSR count). The lowest BCUT2D eigenvalue weighted by molar-refractivity contribution is 0.710. The zero-order chi connectivity index (χ0) is 13.0. The van der Waals surface area contributed by atoms with Crippen LogP contribution in [0.1, 0.15) is 11.9 Å². The van der Waals surface area contributed by atoms with E-state index >= 15 is 0 Å². The van der Waals surface area contributed by atoms with Gasteiger partial charge in [-0.15, -0.1) is 10.2 Å². The number of likely N-dealkylation sites (N-methyl/N-ethyl adjacent to an activating group) is 1. The van der Waals surface area contributed by atoms with Gasteiger partial charge in [0.1, 0.15) is 10.0 Å². The van der Waals surface area contributed by atoms with E-state index in [4.69, 9.17) is 23.2 Å². The Balaban J connectivity index is 2.16. The summed E-state index contributed by atoms with van der Waals surface area (Å²) in [6.07, 6.45) is 0.879. The van der Waals surface area contributed by atoms with Gasteiger partial charge < -0.3 is 5.32 Å². The van der Waals surface area contributed by atoms with Crippen LogP contribution in [0.3, 0.4) is 0 Å². The van der Waals surface area contributed by atoms with Crippen molar-refractivity contribution in [2.45, 2.75) is 13.3 Å². The Labute approximate surface area is 120 Å². The molecule has 6 heteroatoms. The Morgan fingerprint density at radius 1 is 1.28 bits per heavy atom. The lowest BCUT2D eigenvalue weighted by Gasteiger charge is -2.00. The minimum atomic E-state index is 0.536. The van der Waals surface area contributed by atoms with Gasteiger partial charge in [0.05, 0.1) is 10.0 Å². The fourth-order valence-corrected chi connectivity index (χ4v) is 2.82. The predicted molar refractivity (Wildman–Crippen MR) is 77.6 cm³/mol. The van der Waals surface area contributed by atoms with E-state index in [0.717, 1.165) is 35.1 Å². The van der Waals surface area contributed by atoms with Crippen LogP contribution in [0.25, 0.3) is 10.6 Å². The maximum atomic E-state index is 6.16. The number of nitrogens with zero attached hydrogens (tertiary/aromatic N) is 2. The minimum Gasteiger partial charge on any atom is -0.317 e. The minimum absolute atomic E-state index is 0.536. The fourth-order valence-electron chi connectivity index (χ4n) is 1.50. The van der Waals surface area contributed by atoms with Crippen LogP contribution in [0, 0.1) is 0 Å². The average molecular weight is 302 g/mol. The van der Waals surface area contributed by atoms with Crippen LogP contribution >= 0.6 is 34.5 Å². The zero-order valence-corrected chi connectivity index (χ0v) is 12.2. The Morgan fingerprint density at radius 3 is 2.89 bits per heavy atom. The molecule has 0 aliphatic heterocycles. The SMILES string of the molecule is CCNCCc1nnc(-c2cccc(Cl)c2Cl)s1. The summed E-state index contributed by atoms with van der Waals surface area (Å²) in [5.41, 5.74) is 0.844. The second-order valence-electron chi connectivity index (χ2n) is 3.71. The molecule has 0 aliphatic carbocycles. The van der Waals surface area contributed by atoms with Crippen LogP contribution in [0.5, 0.6) is 0 Å². The van der Waals surface area contributed by atoms with E-state index in [-0.39, 0.29) is 0 Å². The van der Waals surface area contributed by atoms with Crippen molar-refractivity contribution in [2.24, 2.45) is 0 Å². The van der Waals surface area contributed by atoms with Crippen molar-refractivity contribution in [3.63, 3.8) is 0 Å². The highest BCUT2D eigenvalue weighted by atomic mass is 35.5. The first-order chi connectivity index (χ1) is 8.72. The molecule has 3 nitrogen and oxygen atoms in total. The predicted octanol–water partition coefficient (Wildman–Crippen LogP) is 3.66. The second kappa shape index (κ2) is 6.48. The molecule has 0 spiro atoms. The summed E-state index contributed by atoms with van der Waals surface area (Å²) >= 11 is 13.7. The van der Waals surface area contributed by atoms with Crippen molar-refractivity contribution in [1.29, 1.82) is 0 Å². The molecule has 0 unspecified atom stereocenters. The molecule has 18 heavy (non-hydrogen) atoms. The van der Waals surface area contributed by atoms with Gasteiger partial charge in [-0.2, -0.15) is 0 Å². The van der Waals surface area contributed by atoms with Crippen LogP contribution in [-0.2, 0) is 6.42 Å². The first-order valence-corrected chi connectivity index (χ1v) is 7.27.